The average molecular weight is 230 g/mol. The van der Waals surface area contributed by atoms with E-state index >= 15 is 0 Å². The minimum absolute atomic E-state index is 0.194. The van der Waals surface area contributed by atoms with E-state index in [0.29, 0.717) is 5.41 Å². The number of thioether (sulfide) groups is 1. The fourth-order valence-electron chi connectivity index (χ4n) is 2.56. The third kappa shape index (κ3) is 3.97. The first-order chi connectivity index (χ1) is 6.87. The van der Waals surface area contributed by atoms with E-state index < -0.39 is 0 Å². The lowest BCUT2D eigenvalue weighted by molar-refractivity contribution is 0.0783. The first-order valence-corrected chi connectivity index (χ1v) is 7.06. The van der Waals surface area contributed by atoms with E-state index in [1.807, 2.05) is 0 Å². The van der Waals surface area contributed by atoms with Crippen LogP contribution in [-0.2, 0) is 0 Å². The molecule has 0 radical (unpaired) electrons. The molecule has 0 aromatic rings. The van der Waals surface area contributed by atoms with Gasteiger partial charge in [-0.15, -0.1) is 0 Å². The van der Waals surface area contributed by atoms with E-state index in [-0.39, 0.29) is 5.54 Å². The van der Waals surface area contributed by atoms with Gasteiger partial charge in [-0.3, -0.25) is 4.90 Å². The van der Waals surface area contributed by atoms with Gasteiger partial charge in [-0.25, -0.2) is 0 Å². The average Bonchev–Trinajstić information content (AvgIpc) is 2.16. The van der Waals surface area contributed by atoms with Crippen molar-refractivity contribution >= 4 is 11.8 Å². The summed E-state index contributed by atoms with van der Waals surface area (Å²) in [6.07, 6.45) is 1.18. The van der Waals surface area contributed by atoms with Crippen LogP contribution in [0.2, 0.25) is 0 Å². The minimum Gasteiger partial charge on any atom is -0.329 e. The van der Waals surface area contributed by atoms with Gasteiger partial charge in [-0.1, -0.05) is 20.8 Å². The monoisotopic (exact) mass is 230 g/mol. The Morgan fingerprint density at radius 3 is 2.07 bits per heavy atom. The summed E-state index contributed by atoms with van der Waals surface area (Å²) in [5, 5.41) is 0. The summed E-state index contributed by atoms with van der Waals surface area (Å²) in [6, 6.07) is 0. The topological polar surface area (TPSA) is 29.3 Å². The molecule has 1 rings (SSSR count). The summed E-state index contributed by atoms with van der Waals surface area (Å²) >= 11 is 2.06. The van der Waals surface area contributed by atoms with Gasteiger partial charge < -0.3 is 5.73 Å². The molecule has 90 valence electrons. The van der Waals surface area contributed by atoms with Gasteiger partial charge in [0.15, 0.2) is 0 Å². The summed E-state index contributed by atoms with van der Waals surface area (Å²) in [5.74, 6) is 2.53. The second-order valence-electron chi connectivity index (χ2n) is 6.04. The van der Waals surface area contributed by atoms with Crippen LogP contribution in [0, 0.1) is 5.41 Å². The fourth-order valence-corrected chi connectivity index (χ4v) is 3.46. The second-order valence-corrected chi connectivity index (χ2v) is 7.26. The van der Waals surface area contributed by atoms with Gasteiger partial charge in [0.2, 0.25) is 0 Å². The molecule has 0 amide bonds. The Labute approximate surface area is 99.0 Å². The third-order valence-corrected chi connectivity index (χ3v) is 4.07. The van der Waals surface area contributed by atoms with Crippen LogP contribution in [0.5, 0.6) is 0 Å². The Balaban J connectivity index is 2.65. The lowest BCUT2D eigenvalue weighted by Crippen LogP contribution is -2.56. The quantitative estimate of drug-likeness (QED) is 0.806. The molecular formula is C12H26N2S. The molecule has 2 nitrogen and oxygen atoms in total. The molecular weight excluding hydrogens is 204 g/mol. The predicted octanol–water partition coefficient (Wildman–Crippen LogP) is 2.19. The first-order valence-electron chi connectivity index (χ1n) is 5.90. The van der Waals surface area contributed by atoms with Gasteiger partial charge in [-0.05, 0) is 18.8 Å². The molecule has 1 aliphatic heterocycles. The van der Waals surface area contributed by atoms with E-state index in [0.717, 1.165) is 6.54 Å². The lowest BCUT2D eigenvalue weighted by Gasteiger charge is -2.45. The molecule has 15 heavy (non-hydrogen) atoms. The maximum Gasteiger partial charge on any atom is 0.0309 e. The number of hydrogen-bond donors (Lipinski definition) is 1. The van der Waals surface area contributed by atoms with Crippen molar-refractivity contribution in [3.05, 3.63) is 0 Å². The zero-order valence-corrected chi connectivity index (χ0v) is 11.5. The van der Waals surface area contributed by atoms with Crippen molar-refractivity contribution in [1.29, 1.82) is 0 Å². The van der Waals surface area contributed by atoms with Gasteiger partial charge in [0, 0.05) is 36.7 Å². The summed E-state index contributed by atoms with van der Waals surface area (Å²) < 4.78 is 0. The van der Waals surface area contributed by atoms with E-state index in [2.05, 4.69) is 44.4 Å². The summed E-state index contributed by atoms with van der Waals surface area (Å²) in [7, 11) is 0. The van der Waals surface area contributed by atoms with Crippen molar-refractivity contribution in [2.75, 3.05) is 31.1 Å². The van der Waals surface area contributed by atoms with Crippen LogP contribution in [0.1, 0.15) is 34.1 Å². The Morgan fingerprint density at radius 1 is 1.13 bits per heavy atom. The Hall–Kier alpha value is 0.270. The Morgan fingerprint density at radius 2 is 1.67 bits per heavy atom. The van der Waals surface area contributed by atoms with Crippen molar-refractivity contribution in [2.24, 2.45) is 11.1 Å². The van der Waals surface area contributed by atoms with Crippen molar-refractivity contribution in [3.63, 3.8) is 0 Å². The van der Waals surface area contributed by atoms with E-state index in [1.165, 1.54) is 31.0 Å². The number of nitrogens with two attached hydrogens (primary N) is 1. The van der Waals surface area contributed by atoms with Gasteiger partial charge >= 0.3 is 0 Å². The Bertz CT molecular complexity index is 194. The molecule has 0 aromatic carbocycles. The van der Waals surface area contributed by atoms with Gasteiger partial charge in [0.05, 0.1) is 0 Å². The zero-order chi connectivity index (χ0) is 11.5. The normalized spacial score (nSPS) is 23.8. The Kier molecular flexibility index (Phi) is 4.50. The van der Waals surface area contributed by atoms with Crippen molar-refractivity contribution in [2.45, 2.75) is 39.7 Å². The van der Waals surface area contributed by atoms with E-state index in [4.69, 9.17) is 5.73 Å². The number of hydrogen-bond acceptors (Lipinski definition) is 3. The van der Waals surface area contributed by atoms with Crippen LogP contribution < -0.4 is 5.73 Å². The molecule has 2 N–H and O–H groups in total. The van der Waals surface area contributed by atoms with Crippen molar-refractivity contribution in [1.82, 2.24) is 4.90 Å². The van der Waals surface area contributed by atoms with Gasteiger partial charge in [-0.2, -0.15) is 11.8 Å². The highest BCUT2D eigenvalue weighted by molar-refractivity contribution is 7.99. The molecule has 0 aromatic heterocycles. The highest BCUT2D eigenvalue weighted by Gasteiger charge is 2.35. The van der Waals surface area contributed by atoms with Crippen LogP contribution in [-0.4, -0.2) is 41.6 Å². The molecule has 1 aliphatic rings. The standard InChI is InChI=1S/C12H26N2S/c1-11(2,3)9-12(4,10-13)14-5-7-15-8-6-14/h5-10,13H2,1-4H3. The molecule has 0 saturated carbocycles. The maximum absolute atomic E-state index is 6.00. The molecule has 3 heteroatoms. The summed E-state index contributed by atoms with van der Waals surface area (Å²) in [4.78, 5) is 2.59. The third-order valence-electron chi connectivity index (χ3n) is 3.13. The molecule has 0 aliphatic carbocycles. The summed E-state index contributed by atoms with van der Waals surface area (Å²) in [6.45, 7) is 12.4. The van der Waals surface area contributed by atoms with Crippen LogP contribution in [0.3, 0.4) is 0 Å². The highest BCUT2D eigenvalue weighted by atomic mass is 32.2. The number of rotatable bonds is 3. The van der Waals surface area contributed by atoms with E-state index in [1.54, 1.807) is 0 Å². The number of nitrogens with zero attached hydrogens (tertiary/aromatic N) is 1. The van der Waals surface area contributed by atoms with Crippen LogP contribution in [0.15, 0.2) is 0 Å². The van der Waals surface area contributed by atoms with Crippen LogP contribution in [0.25, 0.3) is 0 Å². The molecule has 0 bridgehead atoms. The molecule has 1 atom stereocenters. The van der Waals surface area contributed by atoms with E-state index in [9.17, 15) is 0 Å². The summed E-state index contributed by atoms with van der Waals surface area (Å²) in [5.41, 5.74) is 6.55. The zero-order valence-electron chi connectivity index (χ0n) is 10.7. The molecule has 1 saturated heterocycles. The molecule has 1 unspecified atom stereocenters. The largest absolute Gasteiger partial charge is 0.329 e. The van der Waals surface area contributed by atoms with Crippen molar-refractivity contribution in [3.8, 4) is 0 Å². The highest BCUT2D eigenvalue weighted by Crippen LogP contribution is 2.32. The minimum atomic E-state index is 0.194. The van der Waals surface area contributed by atoms with Gasteiger partial charge in [0.1, 0.15) is 0 Å². The molecule has 0 spiro atoms. The second kappa shape index (κ2) is 5.07. The lowest BCUT2D eigenvalue weighted by atomic mass is 9.79. The van der Waals surface area contributed by atoms with Crippen molar-refractivity contribution < 1.29 is 0 Å². The molecule has 1 heterocycles. The van der Waals surface area contributed by atoms with Crippen LogP contribution in [0.4, 0.5) is 0 Å². The first kappa shape index (κ1) is 13.3. The fraction of sp³-hybridized carbons (Fsp3) is 1.00. The maximum atomic E-state index is 6.00. The smallest absolute Gasteiger partial charge is 0.0309 e. The SMILES string of the molecule is CC(C)(C)CC(C)(CN)N1CCSCC1. The van der Waals surface area contributed by atoms with Crippen LogP contribution >= 0.6 is 11.8 Å². The van der Waals surface area contributed by atoms with Gasteiger partial charge in [0.25, 0.3) is 0 Å². The molecule has 1 fully saturated rings. The predicted molar refractivity (Wildman–Crippen MR) is 70.4 cm³/mol.